The molecule has 1 aliphatic carbocycles. The molecule has 17 nitrogen and oxygen atoms in total. The van der Waals surface area contributed by atoms with E-state index in [0.29, 0.717) is 70.3 Å². The highest BCUT2D eigenvalue weighted by molar-refractivity contribution is 7.88. The lowest BCUT2D eigenvalue weighted by Crippen LogP contribution is -2.64. The SMILES string of the molecule is O=C(O)COc1c(C(=O)O)sc(-c2cccc(NC3CC4CC(C3)N4S(=O)(=O)Cc3ccc4oc(N5CCC(c6ccc7c8c(cccc68)C(=O)N7C6CCC(=O)NC6=O)CC5)nc4c3)c2)c1Cl. The molecule has 4 N–H and O–H groups in total. The number of halogens is 1. The molecule has 5 fully saturated rings. The first kappa shape index (κ1) is 44.0. The zero-order valence-electron chi connectivity index (χ0n) is 36.1. The first-order valence-electron chi connectivity index (χ1n) is 22.4. The van der Waals surface area contributed by atoms with Gasteiger partial charge < -0.3 is 29.6 Å². The van der Waals surface area contributed by atoms with Gasteiger partial charge in [0.25, 0.3) is 11.9 Å². The van der Waals surface area contributed by atoms with Crippen molar-refractivity contribution in [2.24, 2.45) is 0 Å². The van der Waals surface area contributed by atoms with Gasteiger partial charge in [-0.3, -0.25) is 24.6 Å². The van der Waals surface area contributed by atoms with Crippen LogP contribution in [0.4, 0.5) is 17.4 Å². The van der Waals surface area contributed by atoms with Gasteiger partial charge in [-0.2, -0.15) is 9.29 Å². The van der Waals surface area contributed by atoms with Crippen molar-refractivity contribution in [1.82, 2.24) is 14.6 Å². The fraction of sp³-hybridized carbons (Fsp3) is 0.333. The number of aliphatic carboxylic acids is 1. The normalized spacial score (nSPS) is 21.9. The summed E-state index contributed by atoms with van der Waals surface area (Å²) in [6, 6.07) is 21.7. The zero-order valence-corrected chi connectivity index (χ0v) is 38.5. The Bertz CT molecular complexity index is 3230. The molecule has 2 aromatic heterocycles. The number of amides is 3. The van der Waals surface area contributed by atoms with E-state index in [-0.39, 0.29) is 70.1 Å². The summed E-state index contributed by atoms with van der Waals surface area (Å²) in [5.41, 5.74) is 5.52. The third kappa shape index (κ3) is 7.70. The zero-order chi connectivity index (χ0) is 47.2. The highest BCUT2D eigenvalue weighted by atomic mass is 35.5. The molecule has 68 heavy (non-hydrogen) atoms. The van der Waals surface area contributed by atoms with Crippen molar-refractivity contribution in [2.75, 3.05) is 34.8 Å². The Balaban J connectivity index is 0.722. The van der Waals surface area contributed by atoms with E-state index < -0.39 is 40.5 Å². The minimum atomic E-state index is -3.67. The maximum atomic E-state index is 14.0. The summed E-state index contributed by atoms with van der Waals surface area (Å²) in [5.74, 6) is -3.73. The topological polar surface area (TPSA) is 229 Å². The molecular weight excluding hydrogens is 936 g/mol. The minimum absolute atomic E-state index is 0.00935. The van der Waals surface area contributed by atoms with E-state index in [4.69, 9.17) is 30.8 Å². The van der Waals surface area contributed by atoms with Gasteiger partial charge in [0, 0.05) is 54.3 Å². The third-order valence-electron chi connectivity index (χ3n) is 13.8. The van der Waals surface area contributed by atoms with Crippen molar-refractivity contribution in [3.8, 4) is 16.2 Å². The molecule has 12 rings (SSSR count). The molecule has 350 valence electrons. The fourth-order valence-electron chi connectivity index (χ4n) is 10.9. The van der Waals surface area contributed by atoms with Gasteiger partial charge in [0.15, 0.2) is 22.8 Å². The number of hydrogen-bond donors (Lipinski definition) is 4. The molecule has 4 aromatic carbocycles. The Labute approximate surface area is 397 Å². The van der Waals surface area contributed by atoms with E-state index in [1.807, 2.05) is 30.3 Å². The van der Waals surface area contributed by atoms with E-state index >= 15 is 0 Å². The van der Waals surface area contributed by atoms with Gasteiger partial charge in [-0.05, 0) is 103 Å². The predicted molar refractivity (Wildman–Crippen MR) is 253 cm³/mol. The number of hydrogen-bond acceptors (Lipinski definition) is 13. The van der Waals surface area contributed by atoms with Gasteiger partial charge in [0.05, 0.1) is 16.3 Å². The van der Waals surface area contributed by atoms with E-state index in [9.17, 15) is 37.5 Å². The van der Waals surface area contributed by atoms with Crippen molar-refractivity contribution in [3.63, 3.8) is 0 Å². The second-order valence-corrected chi connectivity index (χ2v) is 21.3. The highest BCUT2D eigenvalue weighted by Crippen LogP contribution is 2.48. The molecule has 3 atom stereocenters. The standard InChI is InChI=1S/C48H43ClN6O11S2/c49-41-42(65-22-39(57)58)44(47(61)62)67-43(41)26-3-1-4-27(18-26)50-28-19-29-21-30(20-28)55(29)68(63,64)23-24-7-11-37-34(17-24)51-48(66-37)53-15-13-25(14-16-53)31-8-9-35-40-32(31)5-2-6-33(40)46(60)54(35)36-10-12-38(56)52-45(36)59/h1-9,11,17-18,25,28-30,36,50H,10,12-16,19-23H2,(H,57,58)(H,61,62)(H,52,56,59). The summed E-state index contributed by atoms with van der Waals surface area (Å²) in [4.78, 5) is 70.0. The molecular formula is C48H43ClN6O11S2. The number of carbonyl (C=O) groups excluding carboxylic acids is 3. The maximum Gasteiger partial charge on any atom is 0.349 e. The number of fused-ring (bicyclic) bond motifs is 3. The smallest absolute Gasteiger partial charge is 0.349 e. The van der Waals surface area contributed by atoms with Crippen LogP contribution in [0.25, 0.3) is 32.3 Å². The first-order valence-corrected chi connectivity index (χ1v) is 25.2. The number of piperidine rings is 3. The van der Waals surface area contributed by atoms with Crippen LogP contribution in [0.2, 0.25) is 5.02 Å². The van der Waals surface area contributed by atoms with Crippen LogP contribution < -0.4 is 25.2 Å². The summed E-state index contributed by atoms with van der Waals surface area (Å²) >= 11 is 7.42. The number of benzene rings is 4. The highest BCUT2D eigenvalue weighted by Gasteiger charge is 2.51. The van der Waals surface area contributed by atoms with Crippen LogP contribution in [0.1, 0.15) is 82.0 Å². The number of thiophene rings is 1. The molecule has 20 heteroatoms. The molecule has 0 radical (unpaired) electrons. The Kier molecular flexibility index (Phi) is 10.9. The number of carboxylic acids is 2. The number of aromatic carboxylic acids is 1. The Hall–Kier alpha value is -6.54. The number of carbonyl (C=O) groups is 5. The van der Waals surface area contributed by atoms with Crippen LogP contribution in [-0.4, -0.2) is 101 Å². The molecule has 6 aromatic rings. The van der Waals surface area contributed by atoms with Crippen LogP contribution in [0.15, 0.2) is 77.2 Å². The number of aromatic nitrogens is 1. The van der Waals surface area contributed by atoms with E-state index in [1.165, 1.54) is 0 Å². The Morgan fingerprint density at radius 2 is 1.74 bits per heavy atom. The van der Waals surface area contributed by atoms with Crippen molar-refractivity contribution in [2.45, 2.75) is 80.8 Å². The number of ether oxygens (including phenoxy) is 1. The summed E-state index contributed by atoms with van der Waals surface area (Å²) in [7, 11) is -3.67. The van der Waals surface area contributed by atoms with Crippen LogP contribution in [0, 0.1) is 0 Å². The minimum Gasteiger partial charge on any atom is -0.479 e. The number of rotatable bonds is 13. The summed E-state index contributed by atoms with van der Waals surface area (Å²) in [6.45, 7) is 0.604. The van der Waals surface area contributed by atoms with Gasteiger partial charge in [-0.25, -0.2) is 18.0 Å². The molecule has 1 saturated carbocycles. The molecule has 0 spiro atoms. The van der Waals surface area contributed by atoms with Gasteiger partial charge >= 0.3 is 11.9 Å². The summed E-state index contributed by atoms with van der Waals surface area (Å²) in [5, 5.41) is 26.5. The number of carboxylic acid groups (broad SMARTS) is 2. The average molecular weight is 979 g/mol. The first-order chi connectivity index (χ1) is 32.7. The van der Waals surface area contributed by atoms with E-state index in [1.54, 1.807) is 45.6 Å². The number of nitrogens with one attached hydrogen (secondary N) is 2. The molecule has 6 aliphatic rings. The van der Waals surface area contributed by atoms with Crippen molar-refractivity contribution in [1.29, 1.82) is 0 Å². The second-order valence-electron chi connectivity index (χ2n) is 18.0. The number of nitrogens with zero attached hydrogens (tertiary/aromatic N) is 4. The van der Waals surface area contributed by atoms with Gasteiger partial charge in [-0.15, -0.1) is 11.3 Å². The monoisotopic (exact) mass is 978 g/mol. The number of sulfonamides is 1. The lowest BCUT2D eigenvalue weighted by atomic mass is 9.79. The number of imide groups is 1. The van der Waals surface area contributed by atoms with E-state index in [2.05, 4.69) is 21.6 Å². The van der Waals surface area contributed by atoms with Crippen molar-refractivity contribution < 1.29 is 51.8 Å². The third-order valence-corrected chi connectivity index (χ3v) is 17.4. The van der Waals surface area contributed by atoms with Gasteiger partial charge in [0.2, 0.25) is 21.8 Å². The average Bonchev–Trinajstić information content (AvgIpc) is 3.97. The van der Waals surface area contributed by atoms with Crippen molar-refractivity contribution in [3.05, 3.63) is 99.4 Å². The maximum absolute atomic E-state index is 14.0. The fourth-order valence-corrected chi connectivity index (χ4v) is 14.3. The molecule has 3 unspecified atom stereocenters. The predicted octanol–water partition coefficient (Wildman–Crippen LogP) is 7.22. The van der Waals surface area contributed by atoms with Crippen LogP contribution >= 0.6 is 22.9 Å². The van der Waals surface area contributed by atoms with Crippen LogP contribution in [0.5, 0.6) is 5.75 Å². The quantitative estimate of drug-likeness (QED) is 0.0838. The largest absolute Gasteiger partial charge is 0.479 e. The second kappa shape index (κ2) is 16.9. The molecule has 7 heterocycles. The molecule has 4 saturated heterocycles. The molecule has 3 amide bonds. The van der Waals surface area contributed by atoms with E-state index in [0.717, 1.165) is 52.6 Å². The molecule has 2 bridgehead atoms. The summed E-state index contributed by atoms with van der Waals surface area (Å²) < 4.78 is 41.0. The lowest BCUT2D eigenvalue weighted by Gasteiger charge is -2.54. The molecule has 5 aliphatic heterocycles. The lowest BCUT2D eigenvalue weighted by molar-refractivity contribution is -0.139. The number of oxazole rings is 1. The summed E-state index contributed by atoms with van der Waals surface area (Å²) in [6.07, 6.45) is 4.04. The van der Waals surface area contributed by atoms with Crippen LogP contribution in [0.3, 0.4) is 0 Å². The Morgan fingerprint density at radius 1 is 0.956 bits per heavy atom. The van der Waals surface area contributed by atoms with Crippen molar-refractivity contribution >= 4 is 102 Å². The number of anilines is 3. The Morgan fingerprint density at radius 3 is 2.49 bits per heavy atom. The van der Waals surface area contributed by atoms with Gasteiger partial charge in [0.1, 0.15) is 16.6 Å². The van der Waals surface area contributed by atoms with Gasteiger partial charge in [-0.1, -0.05) is 48.0 Å². The van der Waals surface area contributed by atoms with Crippen LogP contribution in [-0.2, 0) is 30.2 Å².